The van der Waals surface area contributed by atoms with Crippen LogP contribution in [-0.2, 0) is 6.54 Å². The number of nitrogens with zero attached hydrogens (tertiary/aromatic N) is 1. The molecule has 1 aromatic rings. The molecule has 0 unspecified atom stereocenters. The molecule has 1 nitrogen and oxygen atoms in total. The van der Waals surface area contributed by atoms with Crippen LogP contribution in [0.25, 0.3) is 0 Å². The molecule has 0 radical (unpaired) electrons. The Bertz CT molecular complexity index is 545. The number of rotatable bonds is 2. The van der Waals surface area contributed by atoms with Crippen LogP contribution in [0.1, 0.15) is 74.9 Å². The van der Waals surface area contributed by atoms with Gasteiger partial charge >= 0.3 is 0 Å². The summed E-state index contributed by atoms with van der Waals surface area (Å²) >= 11 is 0. The van der Waals surface area contributed by atoms with Crippen molar-refractivity contribution in [2.45, 2.75) is 82.7 Å². The van der Waals surface area contributed by atoms with Gasteiger partial charge in [-0.3, -0.25) is 4.99 Å². The Hall–Kier alpha value is -1.11. The summed E-state index contributed by atoms with van der Waals surface area (Å²) in [5.41, 5.74) is 10.0. The Morgan fingerprint density at radius 3 is 1.27 bits per heavy atom. The summed E-state index contributed by atoms with van der Waals surface area (Å²) < 4.78 is 0. The number of benzene rings is 1. The van der Waals surface area contributed by atoms with Crippen molar-refractivity contribution in [2.75, 3.05) is 0 Å². The maximum atomic E-state index is 5.09. The predicted octanol–water partition coefficient (Wildman–Crippen LogP) is 6.26. The van der Waals surface area contributed by atoms with Gasteiger partial charge in [-0.1, -0.05) is 41.5 Å². The Labute approximate surface area is 138 Å². The van der Waals surface area contributed by atoms with Gasteiger partial charge in [0.2, 0.25) is 0 Å². The molecule has 0 heterocycles. The maximum Gasteiger partial charge on any atom is 0.0644 e. The van der Waals surface area contributed by atoms with Crippen molar-refractivity contribution in [1.82, 2.24) is 0 Å². The fraction of sp³-hybridized carbons (Fsp3) is 0.667. The second-order valence-electron chi connectivity index (χ2n) is 8.77. The molecule has 0 aliphatic rings. The zero-order valence-electron chi connectivity index (χ0n) is 16.7. The summed E-state index contributed by atoms with van der Waals surface area (Å²) in [6.45, 7) is 25.6. The molecule has 124 valence electrons. The highest BCUT2D eigenvalue weighted by atomic mass is 14.8. The van der Waals surface area contributed by atoms with E-state index in [9.17, 15) is 0 Å². The molecule has 0 aliphatic heterocycles. The normalized spacial score (nSPS) is 12.5. The van der Waals surface area contributed by atoms with Crippen LogP contribution in [0.2, 0.25) is 0 Å². The first kappa shape index (κ1) is 18.9. The van der Waals surface area contributed by atoms with E-state index in [0.717, 1.165) is 6.54 Å². The quantitative estimate of drug-likeness (QED) is 0.571. The van der Waals surface area contributed by atoms with Crippen LogP contribution >= 0.6 is 0 Å². The topological polar surface area (TPSA) is 12.4 Å². The van der Waals surface area contributed by atoms with Gasteiger partial charge in [-0.15, -0.1) is 0 Å². The molecular weight excluding hydrogens is 266 g/mol. The van der Waals surface area contributed by atoms with E-state index in [2.05, 4.69) is 76.2 Å². The van der Waals surface area contributed by atoms with Gasteiger partial charge < -0.3 is 0 Å². The van der Waals surface area contributed by atoms with Crippen LogP contribution in [0.3, 0.4) is 0 Å². The van der Waals surface area contributed by atoms with Gasteiger partial charge in [0.1, 0.15) is 0 Å². The lowest BCUT2D eigenvalue weighted by atomic mass is 9.75. The number of hydrogen-bond donors (Lipinski definition) is 0. The highest BCUT2D eigenvalue weighted by Gasteiger charge is 2.29. The molecule has 0 saturated heterocycles. The summed E-state index contributed by atoms with van der Waals surface area (Å²) in [6, 6.07) is 0. The lowest BCUT2D eigenvalue weighted by Crippen LogP contribution is -2.33. The van der Waals surface area contributed by atoms with E-state index in [1.807, 2.05) is 0 Å². The molecule has 0 saturated carbocycles. The summed E-state index contributed by atoms with van der Waals surface area (Å²) in [5, 5.41) is 0. The lowest BCUT2D eigenvalue weighted by molar-refractivity contribution is 0.475. The van der Waals surface area contributed by atoms with Gasteiger partial charge in [-0.2, -0.15) is 0 Å². The van der Waals surface area contributed by atoms with Gasteiger partial charge in [-0.25, -0.2) is 0 Å². The summed E-state index contributed by atoms with van der Waals surface area (Å²) in [4.78, 5) is 5.09. The van der Waals surface area contributed by atoms with Crippen molar-refractivity contribution in [3.05, 3.63) is 33.4 Å². The van der Waals surface area contributed by atoms with E-state index >= 15 is 0 Å². The van der Waals surface area contributed by atoms with Crippen LogP contribution < -0.4 is 0 Å². The largest absolute Gasteiger partial charge is 0.288 e. The van der Waals surface area contributed by atoms with E-state index in [1.165, 1.54) is 39.1 Å². The van der Waals surface area contributed by atoms with E-state index < -0.39 is 0 Å². The molecule has 0 aliphatic carbocycles. The van der Waals surface area contributed by atoms with Crippen molar-refractivity contribution in [3.8, 4) is 0 Å². The third kappa shape index (κ3) is 3.80. The summed E-state index contributed by atoms with van der Waals surface area (Å²) in [6.07, 6.45) is 0. The maximum absolute atomic E-state index is 5.09. The molecular formula is C21H35N. The molecule has 22 heavy (non-hydrogen) atoms. The first-order valence-corrected chi connectivity index (χ1v) is 8.39. The predicted molar refractivity (Wildman–Crippen MR) is 100 cm³/mol. The third-order valence-corrected chi connectivity index (χ3v) is 4.97. The minimum absolute atomic E-state index is 0.106. The first-order chi connectivity index (χ1) is 9.78. The van der Waals surface area contributed by atoms with Crippen molar-refractivity contribution < 1.29 is 0 Å². The van der Waals surface area contributed by atoms with E-state index in [1.54, 1.807) is 0 Å². The Morgan fingerprint density at radius 1 is 0.636 bits per heavy atom. The molecule has 1 rings (SSSR count). The van der Waals surface area contributed by atoms with Crippen LogP contribution in [0.5, 0.6) is 0 Å². The molecule has 0 aromatic heterocycles. The van der Waals surface area contributed by atoms with Gasteiger partial charge in [0.15, 0.2) is 0 Å². The zero-order chi connectivity index (χ0) is 17.5. The second kappa shape index (κ2) is 6.18. The standard InChI is InChI=1S/C21H35N/c1-13-14(2)16(4)18(17(5)15(13)3)12-22-19(20(6,7)8)21(9,10)11/h12H2,1-11H3. The fourth-order valence-corrected chi connectivity index (χ4v) is 3.57. The highest BCUT2D eigenvalue weighted by Crippen LogP contribution is 2.32. The molecule has 1 aromatic carbocycles. The van der Waals surface area contributed by atoms with Gasteiger partial charge in [0.25, 0.3) is 0 Å². The average Bonchev–Trinajstić information content (AvgIpc) is 2.35. The zero-order valence-corrected chi connectivity index (χ0v) is 16.7. The molecule has 0 spiro atoms. The Morgan fingerprint density at radius 2 is 0.955 bits per heavy atom. The Balaban J connectivity index is 3.40. The second-order valence-corrected chi connectivity index (χ2v) is 8.77. The molecule has 0 N–H and O–H groups in total. The molecule has 0 atom stereocenters. The van der Waals surface area contributed by atoms with E-state index in [0.29, 0.717) is 0 Å². The van der Waals surface area contributed by atoms with E-state index in [4.69, 9.17) is 4.99 Å². The van der Waals surface area contributed by atoms with Gasteiger partial charge in [0, 0.05) is 16.5 Å². The van der Waals surface area contributed by atoms with Crippen molar-refractivity contribution in [1.29, 1.82) is 0 Å². The number of hydrogen-bond acceptors (Lipinski definition) is 1. The van der Waals surface area contributed by atoms with Crippen molar-refractivity contribution >= 4 is 5.71 Å². The van der Waals surface area contributed by atoms with Crippen LogP contribution in [0, 0.1) is 45.4 Å². The van der Waals surface area contributed by atoms with Gasteiger partial charge in [-0.05, 0) is 68.0 Å². The minimum atomic E-state index is 0.106. The first-order valence-electron chi connectivity index (χ1n) is 8.39. The molecule has 0 bridgehead atoms. The molecule has 0 fully saturated rings. The smallest absolute Gasteiger partial charge is 0.0644 e. The lowest BCUT2D eigenvalue weighted by Gasteiger charge is -2.32. The van der Waals surface area contributed by atoms with Crippen LogP contribution in [0.4, 0.5) is 0 Å². The van der Waals surface area contributed by atoms with E-state index in [-0.39, 0.29) is 10.8 Å². The Kier molecular flexibility index (Phi) is 5.32. The van der Waals surface area contributed by atoms with Crippen LogP contribution in [-0.4, -0.2) is 5.71 Å². The van der Waals surface area contributed by atoms with Crippen molar-refractivity contribution in [2.24, 2.45) is 15.8 Å². The minimum Gasteiger partial charge on any atom is -0.288 e. The van der Waals surface area contributed by atoms with Gasteiger partial charge in [0.05, 0.1) is 6.54 Å². The van der Waals surface area contributed by atoms with Crippen molar-refractivity contribution in [3.63, 3.8) is 0 Å². The highest BCUT2D eigenvalue weighted by molar-refractivity contribution is 5.93. The SMILES string of the molecule is Cc1c(C)c(C)c(CN=C(C(C)(C)C)C(C)(C)C)c(C)c1C. The number of aliphatic imine (C=N–C) groups is 1. The van der Waals surface area contributed by atoms with Crippen LogP contribution in [0.15, 0.2) is 4.99 Å². The monoisotopic (exact) mass is 301 g/mol. The third-order valence-electron chi connectivity index (χ3n) is 4.97. The summed E-state index contributed by atoms with van der Waals surface area (Å²) in [7, 11) is 0. The fourth-order valence-electron chi connectivity index (χ4n) is 3.57. The summed E-state index contributed by atoms with van der Waals surface area (Å²) in [5.74, 6) is 0. The molecule has 1 heteroatoms. The molecule has 0 amide bonds. The average molecular weight is 302 g/mol.